The van der Waals surface area contributed by atoms with Gasteiger partial charge >= 0.3 is 7.12 Å². The summed E-state index contributed by atoms with van der Waals surface area (Å²) in [6.45, 7) is 3.78. The maximum Gasteiger partial charge on any atom is 0.488 e. The zero-order valence-electron chi connectivity index (χ0n) is 12.8. The Morgan fingerprint density at radius 1 is 1.33 bits per heavy atom. The number of benzene rings is 1. The zero-order valence-corrected chi connectivity index (χ0v) is 12.8. The van der Waals surface area contributed by atoms with Crippen LogP contribution in [0.5, 0.6) is 0 Å². The van der Waals surface area contributed by atoms with E-state index in [0.29, 0.717) is 18.0 Å². The number of hydrogen-bond acceptors (Lipinski definition) is 4. The third kappa shape index (κ3) is 4.78. The molecule has 1 saturated heterocycles. The first-order valence-corrected chi connectivity index (χ1v) is 7.47. The van der Waals surface area contributed by atoms with Gasteiger partial charge in [0.05, 0.1) is 0 Å². The molecule has 1 heterocycles. The maximum atomic E-state index is 13.9. The van der Waals surface area contributed by atoms with Crippen molar-refractivity contribution < 1.29 is 14.4 Å². The van der Waals surface area contributed by atoms with Crippen LogP contribution in [0.1, 0.15) is 18.4 Å². The molecule has 0 aromatic heterocycles. The number of rotatable bonds is 5. The molecule has 116 valence electrons. The van der Waals surface area contributed by atoms with Gasteiger partial charge in [-0.15, -0.1) is 0 Å². The Bertz CT molecular complexity index is 465. The van der Waals surface area contributed by atoms with Crippen molar-refractivity contribution in [1.82, 2.24) is 9.80 Å². The van der Waals surface area contributed by atoms with Crippen LogP contribution in [0.3, 0.4) is 0 Å². The van der Waals surface area contributed by atoms with Gasteiger partial charge in [-0.1, -0.05) is 12.1 Å². The lowest BCUT2D eigenvalue weighted by Gasteiger charge is -2.31. The summed E-state index contributed by atoms with van der Waals surface area (Å²) in [6, 6.07) is 4.39. The third-order valence-corrected chi connectivity index (χ3v) is 4.22. The summed E-state index contributed by atoms with van der Waals surface area (Å²) in [5.74, 6) is 0.295. The Hall–Kier alpha value is -0.945. The molecule has 0 radical (unpaired) electrons. The molecule has 1 aliphatic rings. The van der Waals surface area contributed by atoms with E-state index in [0.717, 1.165) is 19.6 Å². The van der Waals surface area contributed by atoms with Crippen LogP contribution in [0.15, 0.2) is 18.2 Å². The molecule has 0 unspecified atom stereocenters. The molecule has 2 rings (SSSR count). The molecule has 1 fully saturated rings. The lowest BCUT2D eigenvalue weighted by molar-refractivity contribution is 0.172. The number of nitrogens with zero attached hydrogens (tertiary/aromatic N) is 2. The van der Waals surface area contributed by atoms with Crippen LogP contribution in [0.25, 0.3) is 0 Å². The van der Waals surface area contributed by atoms with E-state index in [1.165, 1.54) is 18.9 Å². The normalized spacial score (nSPS) is 17.4. The Labute approximate surface area is 126 Å². The summed E-state index contributed by atoms with van der Waals surface area (Å²) in [4.78, 5) is 4.48. The van der Waals surface area contributed by atoms with Gasteiger partial charge in [0.1, 0.15) is 5.82 Å². The first kappa shape index (κ1) is 16.4. The lowest BCUT2D eigenvalue weighted by Crippen LogP contribution is -2.35. The van der Waals surface area contributed by atoms with Gasteiger partial charge in [-0.2, -0.15) is 0 Å². The second-order valence-electron chi connectivity index (χ2n) is 6.17. The summed E-state index contributed by atoms with van der Waals surface area (Å²) in [7, 11) is 2.53. The minimum Gasteiger partial charge on any atom is -0.423 e. The molecule has 2 N–H and O–H groups in total. The molecule has 21 heavy (non-hydrogen) atoms. The fourth-order valence-electron chi connectivity index (χ4n) is 2.89. The molecule has 1 aromatic rings. The van der Waals surface area contributed by atoms with E-state index in [9.17, 15) is 4.39 Å². The summed E-state index contributed by atoms with van der Waals surface area (Å²) < 4.78 is 13.9. The minimum atomic E-state index is -1.62. The summed E-state index contributed by atoms with van der Waals surface area (Å²) >= 11 is 0. The van der Waals surface area contributed by atoms with Crippen LogP contribution in [-0.4, -0.2) is 60.7 Å². The SMILES string of the molecule is CN1CCC(CN(C)Cc2ccc(B(O)O)cc2F)CC1. The lowest BCUT2D eigenvalue weighted by atomic mass is 9.80. The number of halogens is 1. The largest absolute Gasteiger partial charge is 0.488 e. The van der Waals surface area contributed by atoms with Crippen molar-refractivity contribution in [1.29, 1.82) is 0 Å². The first-order chi connectivity index (χ1) is 9.95. The monoisotopic (exact) mass is 294 g/mol. The van der Waals surface area contributed by atoms with Gasteiger partial charge in [0, 0.05) is 18.7 Å². The number of hydrogen-bond donors (Lipinski definition) is 2. The summed E-state index contributed by atoms with van der Waals surface area (Å²) in [6.07, 6.45) is 2.39. The molecule has 0 bridgehead atoms. The van der Waals surface area contributed by atoms with Crippen LogP contribution < -0.4 is 5.46 Å². The highest BCUT2D eigenvalue weighted by Crippen LogP contribution is 2.18. The second-order valence-corrected chi connectivity index (χ2v) is 6.17. The Kier molecular flexibility index (Phi) is 5.76. The average molecular weight is 294 g/mol. The number of likely N-dealkylation sites (tertiary alicyclic amines) is 1. The molecule has 1 aromatic carbocycles. The van der Waals surface area contributed by atoms with Crippen molar-refractivity contribution in [3.63, 3.8) is 0 Å². The summed E-state index contributed by atoms with van der Waals surface area (Å²) in [5.41, 5.74) is 0.782. The fourth-order valence-corrected chi connectivity index (χ4v) is 2.89. The predicted octanol–water partition coefficient (Wildman–Crippen LogP) is 0.279. The molecule has 0 atom stereocenters. The fraction of sp³-hybridized carbons (Fsp3) is 0.600. The average Bonchev–Trinajstić information content (AvgIpc) is 2.43. The van der Waals surface area contributed by atoms with E-state index in [-0.39, 0.29) is 11.3 Å². The molecule has 0 amide bonds. The Balaban J connectivity index is 1.89. The molecule has 0 saturated carbocycles. The van der Waals surface area contributed by atoms with Gasteiger partial charge in [0.15, 0.2) is 0 Å². The highest BCUT2D eigenvalue weighted by molar-refractivity contribution is 6.58. The first-order valence-electron chi connectivity index (χ1n) is 7.47. The van der Waals surface area contributed by atoms with E-state index >= 15 is 0 Å². The van der Waals surface area contributed by atoms with E-state index < -0.39 is 7.12 Å². The van der Waals surface area contributed by atoms with Gasteiger partial charge < -0.3 is 19.8 Å². The molecular weight excluding hydrogens is 270 g/mol. The zero-order chi connectivity index (χ0) is 15.4. The van der Waals surface area contributed by atoms with Crippen molar-refractivity contribution in [2.45, 2.75) is 19.4 Å². The number of piperidine rings is 1. The maximum absolute atomic E-state index is 13.9. The minimum absolute atomic E-state index is 0.189. The van der Waals surface area contributed by atoms with Crippen LogP contribution in [0, 0.1) is 11.7 Å². The van der Waals surface area contributed by atoms with Crippen LogP contribution >= 0.6 is 0 Å². The second kappa shape index (κ2) is 7.36. The van der Waals surface area contributed by atoms with Crippen LogP contribution in [0.4, 0.5) is 4.39 Å². The van der Waals surface area contributed by atoms with Gasteiger partial charge in [0.25, 0.3) is 0 Å². The molecule has 6 heteroatoms. The van der Waals surface area contributed by atoms with Crippen molar-refractivity contribution in [2.75, 3.05) is 33.7 Å². The van der Waals surface area contributed by atoms with Gasteiger partial charge in [-0.05, 0) is 57.5 Å². The topological polar surface area (TPSA) is 46.9 Å². The highest BCUT2D eigenvalue weighted by atomic mass is 19.1. The third-order valence-electron chi connectivity index (χ3n) is 4.22. The van der Waals surface area contributed by atoms with E-state index in [1.54, 1.807) is 12.1 Å². The van der Waals surface area contributed by atoms with Gasteiger partial charge in [-0.25, -0.2) is 4.39 Å². The molecular formula is C15H24BFN2O2. The predicted molar refractivity (Wildman–Crippen MR) is 82.8 cm³/mol. The molecule has 1 aliphatic heterocycles. The molecule has 0 aliphatic carbocycles. The van der Waals surface area contributed by atoms with Crippen molar-refractivity contribution in [3.8, 4) is 0 Å². The van der Waals surface area contributed by atoms with Crippen LogP contribution in [0.2, 0.25) is 0 Å². The van der Waals surface area contributed by atoms with E-state index in [1.807, 2.05) is 7.05 Å². The van der Waals surface area contributed by atoms with Crippen molar-refractivity contribution in [2.24, 2.45) is 5.92 Å². The molecule has 4 nitrogen and oxygen atoms in total. The smallest absolute Gasteiger partial charge is 0.423 e. The van der Waals surface area contributed by atoms with E-state index in [2.05, 4.69) is 16.8 Å². The van der Waals surface area contributed by atoms with E-state index in [4.69, 9.17) is 10.0 Å². The van der Waals surface area contributed by atoms with Crippen LogP contribution in [-0.2, 0) is 6.54 Å². The molecule has 0 spiro atoms. The Morgan fingerprint density at radius 2 is 2.00 bits per heavy atom. The summed E-state index contributed by atoms with van der Waals surface area (Å²) in [5, 5.41) is 18.1. The van der Waals surface area contributed by atoms with Gasteiger partial charge in [-0.3, -0.25) is 0 Å². The van der Waals surface area contributed by atoms with Gasteiger partial charge in [0.2, 0.25) is 0 Å². The van der Waals surface area contributed by atoms with Crippen molar-refractivity contribution in [3.05, 3.63) is 29.6 Å². The highest BCUT2D eigenvalue weighted by Gasteiger charge is 2.19. The van der Waals surface area contributed by atoms with Crippen molar-refractivity contribution >= 4 is 12.6 Å². The quantitative estimate of drug-likeness (QED) is 0.766. The Morgan fingerprint density at radius 3 is 2.57 bits per heavy atom. The standard InChI is InChI=1S/C15H24BFN2O2/c1-18-7-5-12(6-8-18)10-19(2)11-13-3-4-14(16(20)21)9-15(13)17/h3-4,9,12,20-21H,5-8,10-11H2,1-2H3.